The molecule has 0 atom stereocenters. The van der Waals surface area contributed by atoms with Crippen LogP contribution in [-0.4, -0.2) is 19.5 Å². The number of hydrogen-bond donors (Lipinski definition) is 0. The Hall–Kier alpha value is -9.19. The van der Waals surface area contributed by atoms with E-state index < -0.39 is 0 Å². The molecule has 0 amide bonds. The van der Waals surface area contributed by atoms with Crippen LogP contribution in [0.4, 0.5) is 0 Å². The molecular formula is C63H36N4O. The Bertz CT molecular complexity index is 4500. The Balaban J connectivity index is 1.02. The second-order valence-corrected chi connectivity index (χ2v) is 18.0. The van der Waals surface area contributed by atoms with Crippen LogP contribution in [-0.2, 0) is 0 Å². The third-order valence-electron chi connectivity index (χ3n) is 14.1. The number of aromatic nitrogens is 4. The maximum absolute atomic E-state index is 6.93. The van der Waals surface area contributed by atoms with Gasteiger partial charge in [-0.15, -0.1) is 0 Å². The molecule has 0 aliphatic rings. The molecule has 0 N–H and O–H groups in total. The fourth-order valence-electron chi connectivity index (χ4n) is 10.9. The van der Waals surface area contributed by atoms with Crippen molar-refractivity contribution < 1.29 is 4.42 Å². The SMILES string of the molecule is c1ccc2cc3c(cc2c1)c1c2ccccc2ccc1n3-c1cc(-c2nc(-c3ccc4c(ccc5ccccc54)c3)nc(-c3ccc4c(ccc5ccccc54)c3)n2)cc2c1oc1ccccc12. The highest BCUT2D eigenvalue weighted by atomic mass is 16.3. The number of hydrogen-bond acceptors (Lipinski definition) is 4. The summed E-state index contributed by atoms with van der Waals surface area (Å²) in [6.07, 6.45) is 0. The lowest BCUT2D eigenvalue weighted by Crippen LogP contribution is -2.02. The molecule has 0 saturated heterocycles. The van der Waals surface area contributed by atoms with Crippen molar-refractivity contribution in [1.82, 2.24) is 19.5 Å². The lowest BCUT2D eigenvalue weighted by Gasteiger charge is -2.13. The van der Waals surface area contributed by atoms with Gasteiger partial charge >= 0.3 is 0 Å². The second-order valence-electron chi connectivity index (χ2n) is 18.0. The van der Waals surface area contributed by atoms with Crippen molar-refractivity contribution >= 4 is 108 Å². The summed E-state index contributed by atoms with van der Waals surface area (Å²) in [5.74, 6) is 1.78. The van der Waals surface area contributed by atoms with Crippen LogP contribution in [0, 0.1) is 0 Å². The molecule has 15 aromatic rings. The molecule has 0 bridgehead atoms. The van der Waals surface area contributed by atoms with Gasteiger partial charge in [-0.25, -0.2) is 15.0 Å². The van der Waals surface area contributed by atoms with Crippen LogP contribution >= 0.6 is 0 Å². The fraction of sp³-hybridized carbons (Fsp3) is 0. The third-order valence-corrected chi connectivity index (χ3v) is 14.1. The Kier molecular flexibility index (Phi) is 7.72. The second kappa shape index (κ2) is 14.2. The molecule has 15 rings (SSSR count). The Labute approximate surface area is 388 Å². The highest BCUT2D eigenvalue weighted by molar-refractivity contribution is 6.24. The first-order chi connectivity index (χ1) is 33.7. The van der Waals surface area contributed by atoms with Crippen molar-refractivity contribution in [3.8, 4) is 39.9 Å². The van der Waals surface area contributed by atoms with Gasteiger partial charge in [-0.05, 0) is 113 Å². The maximum Gasteiger partial charge on any atom is 0.164 e. The average molecular weight is 865 g/mol. The van der Waals surface area contributed by atoms with E-state index in [1.807, 2.05) is 6.07 Å². The van der Waals surface area contributed by atoms with Crippen LogP contribution < -0.4 is 0 Å². The Morgan fingerprint density at radius 2 is 0.779 bits per heavy atom. The number of benzene rings is 12. The highest BCUT2D eigenvalue weighted by Gasteiger charge is 2.23. The smallest absolute Gasteiger partial charge is 0.164 e. The molecule has 5 nitrogen and oxygen atoms in total. The molecule has 0 aliphatic heterocycles. The van der Waals surface area contributed by atoms with Gasteiger partial charge < -0.3 is 8.98 Å². The van der Waals surface area contributed by atoms with Gasteiger partial charge in [-0.2, -0.15) is 0 Å². The van der Waals surface area contributed by atoms with E-state index in [-0.39, 0.29) is 0 Å². The van der Waals surface area contributed by atoms with E-state index in [0.717, 1.165) is 66.1 Å². The van der Waals surface area contributed by atoms with Gasteiger partial charge in [0.2, 0.25) is 0 Å². The predicted molar refractivity (Wildman–Crippen MR) is 283 cm³/mol. The van der Waals surface area contributed by atoms with Gasteiger partial charge in [0.05, 0.1) is 16.7 Å². The first-order valence-electron chi connectivity index (χ1n) is 23.1. The molecule has 3 aromatic heterocycles. The molecule has 0 aliphatic carbocycles. The molecule has 0 spiro atoms. The van der Waals surface area contributed by atoms with E-state index in [2.05, 4.69) is 217 Å². The zero-order chi connectivity index (χ0) is 44.5. The minimum atomic E-state index is 0.576. The molecule has 0 radical (unpaired) electrons. The topological polar surface area (TPSA) is 56.7 Å². The summed E-state index contributed by atoms with van der Waals surface area (Å²) in [6, 6.07) is 78.2. The molecule has 12 aromatic carbocycles. The van der Waals surface area contributed by atoms with Gasteiger partial charge in [-0.3, -0.25) is 0 Å². The summed E-state index contributed by atoms with van der Waals surface area (Å²) >= 11 is 0. The van der Waals surface area contributed by atoms with Crippen molar-refractivity contribution in [2.75, 3.05) is 0 Å². The maximum atomic E-state index is 6.93. The van der Waals surface area contributed by atoms with Crippen LogP contribution in [0.3, 0.4) is 0 Å². The summed E-state index contributed by atoms with van der Waals surface area (Å²) < 4.78 is 9.32. The van der Waals surface area contributed by atoms with Crippen molar-refractivity contribution in [2.45, 2.75) is 0 Å². The standard InChI is InChI=1S/C63H36N4O/c1-2-15-41-35-56-54(33-40(41)14-1)59-51-18-8-5-13-39(51)27-30-55(59)67(56)57-36-46(34-53-52-19-9-10-20-58(52)68-60(53)57)63-65-61(44-25-28-49-42(31-44)23-21-37-11-3-6-16-47(37)49)64-62(66-63)45-26-29-50-43(32-45)24-22-38-12-4-7-17-48(38)50/h1-36H. The summed E-state index contributed by atoms with van der Waals surface area (Å²) in [5, 5.41) is 18.7. The fourth-order valence-corrected chi connectivity index (χ4v) is 10.9. The average Bonchev–Trinajstić information content (AvgIpc) is 3.95. The summed E-state index contributed by atoms with van der Waals surface area (Å²) in [6.45, 7) is 0. The zero-order valence-electron chi connectivity index (χ0n) is 36.5. The summed E-state index contributed by atoms with van der Waals surface area (Å²) in [7, 11) is 0. The third kappa shape index (κ3) is 5.53. The van der Waals surface area contributed by atoms with Crippen LogP contribution in [0.15, 0.2) is 223 Å². The largest absolute Gasteiger partial charge is 0.454 e. The predicted octanol–water partition coefficient (Wildman–Crippen LogP) is 16.8. The van der Waals surface area contributed by atoms with E-state index in [0.29, 0.717) is 17.5 Å². The molecule has 0 unspecified atom stereocenters. The summed E-state index contributed by atoms with van der Waals surface area (Å²) in [4.78, 5) is 16.1. The normalized spacial score (nSPS) is 12.1. The molecule has 5 heteroatoms. The number of nitrogens with zero attached hydrogens (tertiary/aromatic N) is 4. The monoisotopic (exact) mass is 864 g/mol. The van der Waals surface area contributed by atoms with Gasteiger partial charge in [0.15, 0.2) is 23.1 Å². The Morgan fingerprint density at radius 1 is 0.294 bits per heavy atom. The molecule has 3 heterocycles. The van der Waals surface area contributed by atoms with E-state index >= 15 is 0 Å². The first kappa shape index (κ1) is 37.1. The molecular weight excluding hydrogens is 829 g/mol. The van der Waals surface area contributed by atoms with Crippen molar-refractivity contribution in [3.63, 3.8) is 0 Å². The first-order valence-corrected chi connectivity index (χ1v) is 23.1. The minimum absolute atomic E-state index is 0.576. The van der Waals surface area contributed by atoms with Crippen molar-refractivity contribution in [1.29, 1.82) is 0 Å². The van der Waals surface area contributed by atoms with E-state index in [1.54, 1.807) is 0 Å². The molecule has 314 valence electrons. The van der Waals surface area contributed by atoms with Crippen molar-refractivity contribution in [3.05, 3.63) is 218 Å². The van der Waals surface area contributed by atoms with Gasteiger partial charge in [0.25, 0.3) is 0 Å². The minimum Gasteiger partial charge on any atom is -0.454 e. The molecule has 0 fully saturated rings. The molecule has 0 saturated carbocycles. The molecule has 68 heavy (non-hydrogen) atoms. The van der Waals surface area contributed by atoms with E-state index in [9.17, 15) is 0 Å². The number of rotatable bonds is 4. The number of para-hydroxylation sites is 1. The Morgan fingerprint density at radius 3 is 1.43 bits per heavy atom. The summed E-state index contributed by atoms with van der Waals surface area (Å²) in [5.41, 5.74) is 7.42. The van der Waals surface area contributed by atoms with Crippen LogP contribution in [0.1, 0.15) is 0 Å². The van der Waals surface area contributed by atoms with Crippen molar-refractivity contribution in [2.24, 2.45) is 0 Å². The lowest BCUT2D eigenvalue weighted by molar-refractivity contribution is 0.666. The lowest BCUT2D eigenvalue weighted by atomic mass is 9.99. The number of furan rings is 1. The van der Waals surface area contributed by atoms with Gasteiger partial charge in [0, 0.05) is 38.2 Å². The quantitative estimate of drug-likeness (QED) is 0.165. The van der Waals surface area contributed by atoms with Crippen LogP contribution in [0.25, 0.3) is 148 Å². The van der Waals surface area contributed by atoms with Gasteiger partial charge in [0.1, 0.15) is 5.58 Å². The van der Waals surface area contributed by atoms with Gasteiger partial charge in [-0.1, -0.05) is 170 Å². The highest BCUT2D eigenvalue weighted by Crippen LogP contribution is 2.44. The van der Waals surface area contributed by atoms with Crippen LogP contribution in [0.2, 0.25) is 0 Å². The van der Waals surface area contributed by atoms with E-state index in [1.165, 1.54) is 64.6 Å². The zero-order valence-corrected chi connectivity index (χ0v) is 36.5. The van der Waals surface area contributed by atoms with E-state index in [4.69, 9.17) is 19.4 Å². The number of fused-ring (bicyclic) bond motifs is 15. The van der Waals surface area contributed by atoms with Crippen LogP contribution in [0.5, 0.6) is 0 Å².